The fourth-order valence-corrected chi connectivity index (χ4v) is 3.31. The van der Waals surface area contributed by atoms with Crippen LogP contribution in [-0.2, 0) is 0 Å². The van der Waals surface area contributed by atoms with Gasteiger partial charge in [0, 0.05) is 5.37 Å². The summed E-state index contributed by atoms with van der Waals surface area (Å²) in [7, 11) is 0. The first-order valence-corrected chi connectivity index (χ1v) is 5.23. The highest BCUT2D eigenvalue weighted by atomic mass is 32.1. The minimum Gasteiger partial charge on any atom is -0.282 e. The number of quaternary nitrogens is 1. The summed E-state index contributed by atoms with van der Waals surface area (Å²) in [5.41, 5.74) is 0. The fraction of sp³-hybridized carbons (Fsp3) is 0.875. The Morgan fingerprint density at radius 1 is 1.00 bits per heavy atom. The number of hydrogen-bond donors (Lipinski definition) is 0. The van der Waals surface area contributed by atoms with Gasteiger partial charge in [-0.2, -0.15) is 0 Å². The van der Waals surface area contributed by atoms with Crippen LogP contribution in [0.25, 0.3) is 0 Å². The van der Waals surface area contributed by atoms with Crippen LogP contribution in [-0.4, -0.2) is 71.1 Å². The smallest absolute Gasteiger partial charge is 0.139 e. The Morgan fingerprint density at radius 3 is 1.85 bits per heavy atom. The Hall–Kier alpha value is -0.0700. The molecule has 4 nitrogen and oxygen atoms in total. The summed E-state index contributed by atoms with van der Waals surface area (Å²) in [5, 5.41) is 1.90. The Bertz CT molecular complexity index is 207. The van der Waals surface area contributed by atoms with E-state index in [0.717, 1.165) is 31.0 Å². The zero-order valence-electron chi connectivity index (χ0n) is 7.72. The van der Waals surface area contributed by atoms with Crippen molar-refractivity contribution in [1.82, 2.24) is 14.7 Å². The first-order valence-electron chi connectivity index (χ1n) is 4.75. The average Bonchev–Trinajstić information content (AvgIpc) is 2.00. The van der Waals surface area contributed by atoms with Crippen molar-refractivity contribution in [1.29, 1.82) is 0 Å². The van der Waals surface area contributed by atoms with Crippen LogP contribution in [0.4, 0.5) is 0 Å². The van der Waals surface area contributed by atoms with E-state index in [9.17, 15) is 0 Å². The second kappa shape index (κ2) is 2.71. The molecular weight excluding hydrogens is 184 g/mol. The molecule has 72 valence electrons. The molecule has 0 aromatic rings. The van der Waals surface area contributed by atoms with Gasteiger partial charge in [0.2, 0.25) is 0 Å². The average molecular weight is 199 g/mol. The van der Waals surface area contributed by atoms with Gasteiger partial charge >= 0.3 is 0 Å². The molecule has 13 heavy (non-hydrogen) atoms. The summed E-state index contributed by atoms with van der Waals surface area (Å²) < 4.78 is 1.14. The molecule has 4 rings (SSSR count). The molecule has 0 aromatic heterocycles. The highest BCUT2D eigenvalue weighted by Gasteiger charge is 2.47. The van der Waals surface area contributed by atoms with Crippen LogP contribution in [0.3, 0.4) is 0 Å². The molecule has 0 N–H and O–H groups in total. The van der Waals surface area contributed by atoms with E-state index in [-0.39, 0.29) is 0 Å². The zero-order valence-corrected chi connectivity index (χ0v) is 8.54. The Labute approximate surface area is 83.9 Å². The number of rotatable bonds is 2. The normalized spacial score (nSPS) is 52.5. The predicted octanol–water partition coefficient (Wildman–Crippen LogP) is -0.505. The van der Waals surface area contributed by atoms with E-state index < -0.39 is 0 Å². The van der Waals surface area contributed by atoms with Gasteiger partial charge in [-0.3, -0.25) is 4.48 Å². The van der Waals surface area contributed by atoms with Crippen molar-refractivity contribution in [2.45, 2.75) is 0 Å². The second-order valence-electron chi connectivity index (χ2n) is 4.55. The molecule has 0 saturated carbocycles. The van der Waals surface area contributed by atoms with E-state index in [4.69, 9.17) is 12.2 Å². The van der Waals surface area contributed by atoms with E-state index in [1.807, 2.05) is 5.37 Å². The van der Waals surface area contributed by atoms with Gasteiger partial charge in [-0.15, -0.1) is 0 Å². The van der Waals surface area contributed by atoms with Crippen molar-refractivity contribution < 1.29 is 4.48 Å². The van der Waals surface area contributed by atoms with E-state index in [2.05, 4.69) is 14.7 Å². The highest BCUT2D eigenvalue weighted by molar-refractivity contribution is 7.79. The lowest BCUT2D eigenvalue weighted by atomic mass is 10.3. The second-order valence-corrected chi connectivity index (χ2v) is 4.89. The maximum atomic E-state index is 4.99. The molecule has 0 radical (unpaired) electrons. The molecule has 0 amide bonds. The molecule has 4 saturated heterocycles. The lowest BCUT2D eigenvalue weighted by molar-refractivity contribution is -0.972. The van der Waals surface area contributed by atoms with E-state index >= 15 is 0 Å². The Morgan fingerprint density at radius 2 is 1.46 bits per heavy atom. The van der Waals surface area contributed by atoms with Gasteiger partial charge in [0.1, 0.15) is 26.6 Å². The summed E-state index contributed by atoms with van der Waals surface area (Å²) in [4.78, 5) is 7.53. The summed E-state index contributed by atoms with van der Waals surface area (Å²) in [6, 6.07) is 0. The van der Waals surface area contributed by atoms with Gasteiger partial charge in [0.25, 0.3) is 0 Å². The van der Waals surface area contributed by atoms with Crippen molar-refractivity contribution in [3.05, 3.63) is 0 Å². The summed E-state index contributed by atoms with van der Waals surface area (Å²) in [6.45, 7) is 8.11. The van der Waals surface area contributed by atoms with Crippen molar-refractivity contribution in [3.63, 3.8) is 0 Å². The molecule has 0 atom stereocenters. The summed E-state index contributed by atoms with van der Waals surface area (Å²) in [6.07, 6.45) is 0. The number of hydrogen-bond acceptors (Lipinski definition) is 4. The molecule has 0 unspecified atom stereocenters. The summed E-state index contributed by atoms with van der Waals surface area (Å²) >= 11 is 4.99. The van der Waals surface area contributed by atoms with Crippen LogP contribution >= 0.6 is 12.2 Å². The molecule has 5 heteroatoms. The Kier molecular flexibility index (Phi) is 1.72. The van der Waals surface area contributed by atoms with Crippen LogP contribution in [0.15, 0.2) is 0 Å². The zero-order chi connectivity index (χ0) is 8.89. The maximum absolute atomic E-state index is 4.99. The maximum Gasteiger partial charge on any atom is 0.139 e. The minimum atomic E-state index is 1.04. The number of thiocarbonyl (C=S) groups is 1. The van der Waals surface area contributed by atoms with Crippen LogP contribution in [0, 0.1) is 0 Å². The molecule has 0 spiro atoms. The number of nitrogens with zero attached hydrogens (tertiary/aromatic N) is 4. The molecule has 4 heterocycles. The minimum absolute atomic E-state index is 1.04. The first-order chi connectivity index (χ1) is 6.30. The third-order valence-corrected chi connectivity index (χ3v) is 3.31. The highest BCUT2D eigenvalue weighted by Crippen LogP contribution is 2.27. The largest absolute Gasteiger partial charge is 0.282 e. The van der Waals surface area contributed by atoms with E-state index in [1.54, 1.807) is 0 Å². The van der Waals surface area contributed by atoms with Crippen molar-refractivity contribution >= 4 is 17.6 Å². The quantitative estimate of drug-likeness (QED) is 0.438. The first kappa shape index (κ1) is 8.26. The fourth-order valence-electron chi connectivity index (χ4n) is 2.99. The van der Waals surface area contributed by atoms with E-state index in [1.165, 1.54) is 20.0 Å². The van der Waals surface area contributed by atoms with Crippen LogP contribution in [0.1, 0.15) is 0 Å². The van der Waals surface area contributed by atoms with Crippen LogP contribution in [0.2, 0.25) is 0 Å². The topological polar surface area (TPSA) is 9.72 Å². The monoisotopic (exact) mass is 199 g/mol. The third-order valence-electron chi connectivity index (χ3n) is 3.16. The molecule has 0 aliphatic carbocycles. The van der Waals surface area contributed by atoms with Gasteiger partial charge < -0.3 is 0 Å². The molecule has 4 aliphatic heterocycles. The molecule has 0 aromatic carbocycles. The lowest BCUT2D eigenvalue weighted by Gasteiger charge is -2.60. The molecule has 4 bridgehead atoms. The third kappa shape index (κ3) is 1.23. The summed E-state index contributed by atoms with van der Waals surface area (Å²) in [5.74, 6) is 0. The van der Waals surface area contributed by atoms with Crippen molar-refractivity contribution in [2.24, 2.45) is 0 Å². The van der Waals surface area contributed by atoms with Gasteiger partial charge in [0.05, 0.1) is 20.0 Å². The SMILES string of the molecule is S=CC[N+]12CN3CN(CN(C3)C1)C2. The van der Waals surface area contributed by atoms with Gasteiger partial charge in [0.15, 0.2) is 0 Å². The van der Waals surface area contributed by atoms with Crippen molar-refractivity contribution in [2.75, 3.05) is 46.6 Å². The predicted molar refractivity (Wildman–Crippen MR) is 53.5 cm³/mol. The lowest BCUT2D eigenvalue weighted by Crippen LogP contribution is -2.79. The Balaban J connectivity index is 1.87. The van der Waals surface area contributed by atoms with Gasteiger partial charge in [-0.05, 0) is 0 Å². The molecule has 4 aliphatic rings. The van der Waals surface area contributed by atoms with Crippen LogP contribution in [0.5, 0.6) is 0 Å². The van der Waals surface area contributed by atoms with E-state index in [0.29, 0.717) is 0 Å². The standard InChI is InChI=1S/C8H15N4S/c13-2-1-12-6-9-3-10(7-12)5-11(4-9)8-12/h2H,1,3-8H2/q+1. The van der Waals surface area contributed by atoms with Crippen molar-refractivity contribution in [3.8, 4) is 0 Å². The molecular formula is C8H15N4S+. The van der Waals surface area contributed by atoms with Gasteiger partial charge in [-0.25, -0.2) is 14.7 Å². The molecule has 4 fully saturated rings. The van der Waals surface area contributed by atoms with Gasteiger partial charge in [-0.1, -0.05) is 12.2 Å². The van der Waals surface area contributed by atoms with Crippen LogP contribution < -0.4 is 0 Å².